The van der Waals surface area contributed by atoms with Crippen LogP contribution >= 0.6 is 7.82 Å². The number of benzene rings is 1. The van der Waals surface area contributed by atoms with Crippen LogP contribution in [0.5, 0.6) is 0 Å². The number of halogens is 1. The number of phosphoric acid groups is 1. The summed E-state index contributed by atoms with van der Waals surface area (Å²) in [4.78, 5) is 27.7. The maximum Gasteiger partial charge on any atom is 1.00 e. The molecule has 1 aliphatic rings. The SMILES string of the molecule is Nc1ncnc2c1c(-c1ccc(F)cc1)cn2[C@@H]1O[C@H](COP(=O)([O-])O)[C@@H](O)[C@H]1O.[Na+]. The number of aliphatic hydroxyl groups is 2. The van der Waals surface area contributed by atoms with Crippen molar-refractivity contribution >= 4 is 24.7 Å². The van der Waals surface area contributed by atoms with E-state index in [0.29, 0.717) is 16.5 Å². The molecule has 2 aromatic heterocycles. The summed E-state index contributed by atoms with van der Waals surface area (Å²) in [5.74, 6) is -0.287. The van der Waals surface area contributed by atoms with Crippen LogP contribution in [0.25, 0.3) is 22.2 Å². The Balaban J connectivity index is 0.00000272. The number of hydrogen-bond acceptors (Lipinski definition) is 9. The summed E-state index contributed by atoms with van der Waals surface area (Å²) in [6, 6.07) is 5.61. The van der Waals surface area contributed by atoms with E-state index in [1.807, 2.05) is 0 Å². The number of aliphatic hydroxyl groups excluding tert-OH is 2. The van der Waals surface area contributed by atoms with E-state index >= 15 is 0 Å². The molecule has 0 saturated carbocycles. The number of nitrogens with zero attached hydrogens (tertiary/aromatic N) is 3. The van der Waals surface area contributed by atoms with Crippen LogP contribution in [0.1, 0.15) is 6.23 Å². The molecule has 0 bridgehead atoms. The smallest absolute Gasteiger partial charge is 0.756 e. The third-order valence-electron chi connectivity index (χ3n) is 4.81. The van der Waals surface area contributed by atoms with Gasteiger partial charge in [0.2, 0.25) is 0 Å². The predicted octanol–water partition coefficient (Wildman–Crippen LogP) is -3.08. The molecule has 4 rings (SSSR count). The Hall–Kier alpha value is -1.44. The van der Waals surface area contributed by atoms with Gasteiger partial charge in [0.25, 0.3) is 7.82 Å². The molecule has 1 aliphatic heterocycles. The molecule has 1 fully saturated rings. The summed E-state index contributed by atoms with van der Waals surface area (Å²) in [5, 5.41) is 21.1. The Labute approximate surface area is 197 Å². The number of rotatable bonds is 5. The van der Waals surface area contributed by atoms with Gasteiger partial charge in [-0.15, -0.1) is 0 Å². The Morgan fingerprint density at radius 2 is 1.94 bits per heavy atom. The molecular weight excluding hydrogens is 445 g/mol. The molecule has 0 aliphatic carbocycles. The Bertz CT molecular complexity index is 1130. The molecule has 5 N–H and O–H groups in total. The van der Waals surface area contributed by atoms with E-state index in [4.69, 9.17) is 15.4 Å². The number of ether oxygens (including phenoxy) is 1. The average Bonchev–Trinajstić information content (AvgIpc) is 3.20. The van der Waals surface area contributed by atoms with Crippen molar-refractivity contribution < 1.29 is 67.8 Å². The van der Waals surface area contributed by atoms with Gasteiger partial charge in [-0.2, -0.15) is 0 Å². The number of aromatic nitrogens is 3. The minimum Gasteiger partial charge on any atom is -0.756 e. The van der Waals surface area contributed by atoms with Gasteiger partial charge in [-0.05, 0) is 17.7 Å². The topological polar surface area (TPSA) is 176 Å². The largest absolute Gasteiger partial charge is 1.00 e. The molecule has 3 heterocycles. The summed E-state index contributed by atoms with van der Waals surface area (Å²) in [6.07, 6.45) is -2.64. The van der Waals surface area contributed by atoms with Crippen LogP contribution in [0.4, 0.5) is 10.2 Å². The molecule has 1 saturated heterocycles. The number of nitrogens with two attached hydrogens (primary N) is 1. The molecule has 14 heteroatoms. The molecule has 31 heavy (non-hydrogen) atoms. The zero-order valence-corrected chi connectivity index (χ0v) is 19.1. The van der Waals surface area contributed by atoms with Crippen LogP contribution < -0.4 is 40.2 Å². The van der Waals surface area contributed by atoms with Crippen molar-refractivity contribution in [2.24, 2.45) is 0 Å². The maximum atomic E-state index is 13.3. The van der Waals surface area contributed by atoms with Crippen molar-refractivity contribution in [3.63, 3.8) is 0 Å². The maximum absolute atomic E-state index is 13.3. The average molecular weight is 462 g/mol. The number of hydrogen-bond donors (Lipinski definition) is 4. The zero-order chi connectivity index (χ0) is 21.6. The second-order valence-electron chi connectivity index (χ2n) is 6.73. The number of phosphoric ester groups is 1. The third-order valence-corrected chi connectivity index (χ3v) is 5.28. The van der Waals surface area contributed by atoms with E-state index in [1.165, 1.54) is 35.2 Å². The van der Waals surface area contributed by atoms with Gasteiger partial charge in [-0.25, -0.2) is 14.4 Å². The van der Waals surface area contributed by atoms with Gasteiger partial charge >= 0.3 is 29.6 Å². The third kappa shape index (κ3) is 4.83. The Kier molecular flexibility index (Phi) is 7.18. The van der Waals surface area contributed by atoms with Gasteiger partial charge in [0, 0.05) is 11.8 Å². The van der Waals surface area contributed by atoms with Crippen molar-refractivity contribution in [2.75, 3.05) is 12.3 Å². The van der Waals surface area contributed by atoms with Gasteiger partial charge in [-0.1, -0.05) is 12.1 Å². The first-order chi connectivity index (χ1) is 14.2. The Morgan fingerprint density at radius 3 is 2.58 bits per heavy atom. The molecular formula is C17H17FN4NaO7P. The van der Waals surface area contributed by atoms with Gasteiger partial charge < -0.3 is 39.6 Å². The minimum absolute atomic E-state index is 0. The van der Waals surface area contributed by atoms with Crippen LogP contribution in [0.2, 0.25) is 0 Å². The fourth-order valence-corrected chi connectivity index (χ4v) is 3.75. The molecule has 0 radical (unpaired) electrons. The van der Waals surface area contributed by atoms with Crippen LogP contribution in [0.3, 0.4) is 0 Å². The summed E-state index contributed by atoms with van der Waals surface area (Å²) < 4.78 is 35.4. The quantitative estimate of drug-likeness (QED) is 0.225. The van der Waals surface area contributed by atoms with E-state index in [0.717, 1.165) is 0 Å². The van der Waals surface area contributed by atoms with E-state index in [-0.39, 0.29) is 41.0 Å². The molecule has 0 amide bonds. The summed E-state index contributed by atoms with van der Waals surface area (Å²) in [6.45, 7) is -0.701. The fraction of sp³-hybridized carbons (Fsp3) is 0.294. The second-order valence-corrected chi connectivity index (χ2v) is 7.92. The summed E-state index contributed by atoms with van der Waals surface area (Å²) in [5.41, 5.74) is 7.42. The van der Waals surface area contributed by atoms with Crippen molar-refractivity contribution in [3.8, 4) is 11.1 Å². The first-order valence-corrected chi connectivity index (χ1v) is 10.2. The van der Waals surface area contributed by atoms with Crippen molar-refractivity contribution in [1.29, 1.82) is 0 Å². The van der Waals surface area contributed by atoms with E-state index in [1.54, 1.807) is 6.20 Å². The zero-order valence-electron chi connectivity index (χ0n) is 16.2. The second kappa shape index (κ2) is 9.20. The molecule has 11 nitrogen and oxygen atoms in total. The van der Waals surface area contributed by atoms with Crippen LogP contribution in [-0.2, 0) is 13.8 Å². The number of nitrogen functional groups attached to an aromatic ring is 1. The van der Waals surface area contributed by atoms with Crippen LogP contribution in [0, 0.1) is 5.82 Å². The minimum atomic E-state index is -5.04. The standard InChI is InChI=1S/C17H18FN4O7P.Na/c18-9-3-1-8(2-4-9)10-5-22(16-12(10)15(19)20-7-21-16)17-14(24)13(23)11(29-17)6-28-30(25,26)27;/h1-5,7,11,13-14,17,23-24H,6H2,(H2,19,20,21)(H2,25,26,27);/q;+1/p-1/t11-,13-,14-,17-;/m1./s1. The van der Waals surface area contributed by atoms with Crippen molar-refractivity contribution in [1.82, 2.24) is 14.5 Å². The number of anilines is 1. The predicted molar refractivity (Wildman–Crippen MR) is 99.0 cm³/mol. The van der Waals surface area contributed by atoms with Crippen molar-refractivity contribution in [2.45, 2.75) is 24.5 Å². The normalized spacial score (nSPS) is 25.3. The monoisotopic (exact) mass is 462 g/mol. The fourth-order valence-electron chi connectivity index (χ4n) is 3.42. The molecule has 160 valence electrons. The molecule has 3 aromatic rings. The van der Waals surface area contributed by atoms with Gasteiger partial charge in [-0.3, -0.25) is 4.57 Å². The summed E-state index contributed by atoms with van der Waals surface area (Å²) >= 11 is 0. The van der Waals surface area contributed by atoms with E-state index in [9.17, 15) is 24.1 Å². The van der Waals surface area contributed by atoms with E-state index in [2.05, 4.69) is 14.5 Å². The first kappa shape index (κ1) is 24.2. The molecule has 1 aromatic carbocycles. The van der Waals surface area contributed by atoms with Crippen LogP contribution in [0.15, 0.2) is 36.8 Å². The van der Waals surface area contributed by atoms with Gasteiger partial charge in [0.05, 0.1) is 12.0 Å². The van der Waals surface area contributed by atoms with Crippen LogP contribution in [-0.4, -0.2) is 54.6 Å². The molecule has 0 spiro atoms. The molecule has 1 unspecified atom stereocenters. The van der Waals surface area contributed by atoms with E-state index < -0.39 is 44.8 Å². The van der Waals surface area contributed by atoms with Crippen molar-refractivity contribution in [3.05, 3.63) is 42.6 Å². The molecule has 5 atom stereocenters. The van der Waals surface area contributed by atoms with Gasteiger partial charge in [0.15, 0.2) is 6.23 Å². The number of fused-ring (bicyclic) bond motifs is 1. The summed E-state index contributed by atoms with van der Waals surface area (Å²) in [7, 11) is -5.04. The van der Waals surface area contributed by atoms with Gasteiger partial charge in [0.1, 0.15) is 41.9 Å². The first-order valence-electron chi connectivity index (χ1n) is 8.72. The Morgan fingerprint density at radius 1 is 1.26 bits per heavy atom.